The first kappa shape index (κ1) is 13.0. The molecule has 0 fully saturated rings. The predicted molar refractivity (Wildman–Crippen MR) is 58.9 cm³/mol. The Hall–Kier alpha value is -0.0400. The SMILES string of the molecule is CCCCC(C)(C)CCCCCO. The molecule has 1 nitrogen and oxygen atoms in total. The predicted octanol–water partition coefficient (Wildman–Crippen LogP) is 3.76. The Morgan fingerprint density at radius 1 is 0.923 bits per heavy atom. The van der Waals surface area contributed by atoms with Crippen molar-refractivity contribution in [1.29, 1.82) is 0 Å². The van der Waals surface area contributed by atoms with Gasteiger partial charge in [0.1, 0.15) is 0 Å². The Labute approximate surface area is 83.5 Å². The molecule has 0 aromatic heterocycles. The third-order valence-electron chi connectivity index (χ3n) is 2.72. The normalized spacial score (nSPS) is 12.0. The summed E-state index contributed by atoms with van der Waals surface area (Å²) in [6.07, 6.45) is 8.76. The van der Waals surface area contributed by atoms with E-state index >= 15 is 0 Å². The van der Waals surface area contributed by atoms with Gasteiger partial charge in [0, 0.05) is 6.61 Å². The molecule has 0 saturated carbocycles. The number of aliphatic hydroxyl groups is 1. The molecule has 0 heterocycles. The van der Waals surface area contributed by atoms with E-state index in [2.05, 4.69) is 20.8 Å². The van der Waals surface area contributed by atoms with Gasteiger partial charge in [0.15, 0.2) is 0 Å². The Kier molecular flexibility index (Phi) is 7.35. The smallest absolute Gasteiger partial charge is 0.0431 e. The number of rotatable bonds is 8. The molecule has 0 amide bonds. The standard InChI is InChI=1S/C12H26O/c1-4-5-9-12(2,3)10-7-6-8-11-13/h13H,4-11H2,1-3H3. The molecule has 0 radical (unpaired) electrons. The molecule has 0 bridgehead atoms. The van der Waals surface area contributed by atoms with Gasteiger partial charge in [-0.3, -0.25) is 0 Å². The second kappa shape index (κ2) is 7.37. The second-order valence-electron chi connectivity index (χ2n) is 4.80. The Morgan fingerprint density at radius 3 is 2.08 bits per heavy atom. The fourth-order valence-corrected chi connectivity index (χ4v) is 1.67. The van der Waals surface area contributed by atoms with Crippen LogP contribution in [0, 0.1) is 5.41 Å². The number of aliphatic hydroxyl groups excluding tert-OH is 1. The number of hydrogen-bond acceptors (Lipinski definition) is 1. The zero-order chi connectivity index (χ0) is 10.2. The molecule has 13 heavy (non-hydrogen) atoms. The highest BCUT2D eigenvalue weighted by Gasteiger charge is 2.15. The van der Waals surface area contributed by atoms with Crippen LogP contribution in [-0.2, 0) is 0 Å². The van der Waals surface area contributed by atoms with E-state index in [1.54, 1.807) is 0 Å². The van der Waals surface area contributed by atoms with E-state index < -0.39 is 0 Å². The molecule has 1 heteroatoms. The third kappa shape index (κ3) is 8.29. The molecule has 0 saturated heterocycles. The van der Waals surface area contributed by atoms with Crippen LogP contribution >= 0.6 is 0 Å². The third-order valence-corrected chi connectivity index (χ3v) is 2.72. The van der Waals surface area contributed by atoms with Crippen molar-refractivity contribution >= 4 is 0 Å². The minimum absolute atomic E-state index is 0.357. The quantitative estimate of drug-likeness (QED) is 0.572. The van der Waals surface area contributed by atoms with Crippen molar-refractivity contribution in [1.82, 2.24) is 0 Å². The topological polar surface area (TPSA) is 20.2 Å². The molecule has 0 aliphatic heterocycles. The van der Waals surface area contributed by atoms with E-state index in [0.29, 0.717) is 12.0 Å². The maximum absolute atomic E-state index is 8.64. The van der Waals surface area contributed by atoms with Crippen LogP contribution in [0.1, 0.15) is 65.7 Å². The minimum atomic E-state index is 0.357. The van der Waals surface area contributed by atoms with Gasteiger partial charge >= 0.3 is 0 Å². The summed E-state index contributed by atoms with van der Waals surface area (Å²) in [4.78, 5) is 0. The van der Waals surface area contributed by atoms with Gasteiger partial charge in [-0.1, -0.05) is 46.5 Å². The fraction of sp³-hybridized carbons (Fsp3) is 1.00. The second-order valence-corrected chi connectivity index (χ2v) is 4.80. The maximum atomic E-state index is 8.64. The fourth-order valence-electron chi connectivity index (χ4n) is 1.67. The average Bonchev–Trinajstić information content (AvgIpc) is 2.09. The van der Waals surface area contributed by atoms with Crippen LogP contribution in [0.3, 0.4) is 0 Å². The summed E-state index contributed by atoms with van der Waals surface area (Å²) in [5.74, 6) is 0. The lowest BCUT2D eigenvalue weighted by atomic mass is 9.82. The van der Waals surface area contributed by atoms with Gasteiger partial charge in [0.2, 0.25) is 0 Å². The van der Waals surface area contributed by atoms with Gasteiger partial charge in [-0.2, -0.15) is 0 Å². The largest absolute Gasteiger partial charge is 0.396 e. The van der Waals surface area contributed by atoms with E-state index in [1.807, 2.05) is 0 Å². The molecule has 80 valence electrons. The van der Waals surface area contributed by atoms with Gasteiger partial charge in [-0.15, -0.1) is 0 Å². The number of unbranched alkanes of at least 4 members (excludes halogenated alkanes) is 3. The van der Waals surface area contributed by atoms with E-state index in [0.717, 1.165) is 6.42 Å². The number of hydrogen-bond donors (Lipinski definition) is 1. The molecule has 0 atom stereocenters. The summed E-state index contributed by atoms with van der Waals surface area (Å²) in [7, 11) is 0. The van der Waals surface area contributed by atoms with E-state index in [1.165, 1.54) is 38.5 Å². The lowest BCUT2D eigenvalue weighted by Crippen LogP contribution is -2.10. The Balaban J connectivity index is 3.39. The van der Waals surface area contributed by atoms with Crippen molar-refractivity contribution in [2.24, 2.45) is 5.41 Å². The maximum Gasteiger partial charge on any atom is 0.0431 e. The highest BCUT2D eigenvalue weighted by atomic mass is 16.2. The Morgan fingerprint density at radius 2 is 1.54 bits per heavy atom. The lowest BCUT2D eigenvalue weighted by molar-refractivity contribution is 0.261. The van der Waals surface area contributed by atoms with Gasteiger partial charge in [0.25, 0.3) is 0 Å². The highest BCUT2D eigenvalue weighted by Crippen LogP contribution is 2.29. The summed E-state index contributed by atoms with van der Waals surface area (Å²) < 4.78 is 0. The molecule has 0 aliphatic carbocycles. The van der Waals surface area contributed by atoms with Gasteiger partial charge in [-0.25, -0.2) is 0 Å². The molecular weight excluding hydrogens is 160 g/mol. The monoisotopic (exact) mass is 186 g/mol. The van der Waals surface area contributed by atoms with Crippen molar-refractivity contribution in [3.05, 3.63) is 0 Å². The summed E-state index contributed by atoms with van der Waals surface area (Å²) in [5.41, 5.74) is 0.519. The summed E-state index contributed by atoms with van der Waals surface area (Å²) >= 11 is 0. The first-order valence-electron chi connectivity index (χ1n) is 5.73. The molecule has 0 aliphatic rings. The van der Waals surface area contributed by atoms with Crippen LogP contribution in [0.5, 0.6) is 0 Å². The van der Waals surface area contributed by atoms with Crippen LogP contribution in [0.2, 0.25) is 0 Å². The average molecular weight is 186 g/mol. The van der Waals surface area contributed by atoms with Crippen LogP contribution < -0.4 is 0 Å². The molecule has 0 aromatic rings. The van der Waals surface area contributed by atoms with E-state index in [-0.39, 0.29) is 0 Å². The zero-order valence-electron chi connectivity index (χ0n) is 9.60. The molecular formula is C12H26O. The molecule has 0 spiro atoms. The first-order valence-corrected chi connectivity index (χ1v) is 5.73. The molecule has 0 unspecified atom stereocenters. The minimum Gasteiger partial charge on any atom is -0.396 e. The summed E-state index contributed by atoms with van der Waals surface area (Å²) in [5, 5.41) is 8.64. The van der Waals surface area contributed by atoms with Crippen molar-refractivity contribution in [2.45, 2.75) is 65.7 Å². The summed E-state index contributed by atoms with van der Waals surface area (Å²) in [6.45, 7) is 7.33. The van der Waals surface area contributed by atoms with Crippen LogP contribution in [-0.4, -0.2) is 11.7 Å². The van der Waals surface area contributed by atoms with Crippen molar-refractivity contribution in [3.63, 3.8) is 0 Å². The molecule has 0 aromatic carbocycles. The van der Waals surface area contributed by atoms with Crippen molar-refractivity contribution in [3.8, 4) is 0 Å². The van der Waals surface area contributed by atoms with E-state index in [9.17, 15) is 0 Å². The molecule has 1 N–H and O–H groups in total. The molecule has 0 rings (SSSR count). The lowest BCUT2D eigenvalue weighted by Gasteiger charge is -2.24. The summed E-state index contributed by atoms with van der Waals surface area (Å²) in [6, 6.07) is 0. The highest BCUT2D eigenvalue weighted by molar-refractivity contribution is 4.68. The van der Waals surface area contributed by atoms with E-state index in [4.69, 9.17) is 5.11 Å². The van der Waals surface area contributed by atoms with Gasteiger partial charge < -0.3 is 5.11 Å². The van der Waals surface area contributed by atoms with Crippen LogP contribution in [0.4, 0.5) is 0 Å². The Bertz CT molecular complexity index is 108. The van der Waals surface area contributed by atoms with Crippen molar-refractivity contribution < 1.29 is 5.11 Å². The van der Waals surface area contributed by atoms with Gasteiger partial charge in [-0.05, 0) is 24.7 Å². The van der Waals surface area contributed by atoms with Crippen LogP contribution in [0.25, 0.3) is 0 Å². The zero-order valence-corrected chi connectivity index (χ0v) is 9.60. The van der Waals surface area contributed by atoms with Crippen molar-refractivity contribution in [2.75, 3.05) is 6.61 Å². The van der Waals surface area contributed by atoms with Gasteiger partial charge in [0.05, 0.1) is 0 Å². The first-order chi connectivity index (χ1) is 6.12. The van der Waals surface area contributed by atoms with Crippen LogP contribution in [0.15, 0.2) is 0 Å².